The topological polar surface area (TPSA) is 53.4 Å². The van der Waals surface area contributed by atoms with Crippen LogP contribution < -0.4 is 0 Å². The molecule has 0 atom stereocenters. The maximum atomic E-state index is 10.8. The Balaban J connectivity index is 2.27. The van der Waals surface area contributed by atoms with E-state index in [2.05, 4.69) is 4.98 Å². The van der Waals surface area contributed by atoms with Crippen molar-refractivity contribution in [2.45, 2.75) is 13.5 Å². The molecule has 0 spiro atoms. The summed E-state index contributed by atoms with van der Waals surface area (Å²) in [6.07, 6.45) is 1.76. The fraction of sp³-hybridized carbons (Fsp3) is 0.286. The van der Waals surface area contributed by atoms with Crippen LogP contribution in [0.3, 0.4) is 0 Å². The van der Waals surface area contributed by atoms with Gasteiger partial charge in [0.25, 0.3) is 0 Å². The van der Waals surface area contributed by atoms with Gasteiger partial charge in [0.2, 0.25) is 0 Å². The molecule has 0 aliphatic carbocycles. The maximum Gasteiger partial charge on any atom is 0.317 e. The van der Waals surface area contributed by atoms with Crippen LogP contribution in [0.15, 0.2) is 36.5 Å². The van der Waals surface area contributed by atoms with Crippen LogP contribution in [-0.2, 0) is 11.3 Å². The van der Waals surface area contributed by atoms with E-state index in [4.69, 9.17) is 5.11 Å². The van der Waals surface area contributed by atoms with E-state index in [9.17, 15) is 4.79 Å². The number of rotatable bonds is 5. The Hall–Kier alpha value is -1.94. The van der Waals surface area contributed by atoms with Crippen molar-refractivity contribution in [3.8, 4) is 0 Å². The van der Waals surface area contributed by atoms with E-state index in [0.717, 1.165) is 16.5 Å². The number of carbonyl (C=O) groups is 1. The van der Waals surface area contributed by atoms with Gasteiger partial charge in [-0.25, -0.2) is 0 Å². The number of likely N-dealkylation sites (N-methyl/N-ethyl adjacent to an activating group) is 1. The van der Waals surface area contributed by atoms with E-state index in [1.165, 1.54) is 0 Å². The molecule has 1 N–H and O–H groups in total. The molecule has 1 aromatic carbocycles. The number of aliphatic carboxylic acids is 1. The van der Waals surface area contributed by atoms with E-state index < -0.39 is 5.97 Å². The Kier molecular flexibility index (Phi) is 3.89. The minimum Gasteiger partial charge on any atom is -0.480 e. The van der Waals surface area contributed by atoms with Crippen molar-refractivity contribution < 1.29 is 9.90 Å². The molecule has 1 heterocycles. The molecule has 4 nitrogen and oxygen atoms in total. The largest absolute Gasteiger partial charge is 0.480 e. The Labute approximate surface area is 106 Å². The highest BCUT2D eigenvalue weighted by molar-refractivity contribution is 5.81. The summed E-state index contributed by atoms with van der Waals surface area (Å²) in [6.45, 7) is 3.33. The van der Waals surface area contributed by atoms with Gasteiger partial charge in [0.05, 0.1) is 12.1 Å². The normalized spacial score (nSPS) is 11.0. The van der Waals surface area contributed by atoms with Crippen molar-refractivity contribution in [1.82, 2.24) is 9.88 Å². The molecule has 2 rings (SSSR count). The lowest BCUT2D eigenvalue weighted by molar-refractivity contribution is -0.138. The molecule has 18 heavy (non-hydrogen) atoms. The number of nitrogens with zero attached hydrogens (tertiary/aromatic N) is 2. The van der Waals surface area contributed by atoms with Gasteiger partial charge in [-0.15, -0.1) is 0 Å². The van der Waals surface area contributed by atoms with Crippen molar-refractivity contribution in [2.75, 3.05) is 13.1 Å². The lowest BCUT2D eigenvalue weighted by Crippen LogP contribution is -2.29. The number of carboxylic acid groups (broad SMARTS) is 1. The monoisotopic (exact) mass is 244 g/mol. The first kappa shape index (κ1) is 12.5. The number of hydrogen-bond acceptors (Lipinski definition) is 3. The first-order valence-corrected chi connectivity index (χ1v) is 5.97. The number of carboxylic acids is 1. The second kappa shape index (κ2) is 5.60. The third-order valence-corrected chi connectivity index (χ3v) is 2.92. The highest BCUT2D eigenvalue weighted by atomic mass is 16.4. The summed E-state index contributed by atoms with van der Waals surface area (Å²) in [6, 6.07) is 9.91. The molecular formula is C14H16N2O2. The van der Waals surface area contributed by atoms with E-state index in [0.29, 0.717) is 13.1 Å². The van der Waals surface area contributed by atoms with Crippen molar-refractivity contribution in [3.05, 3.63) is 42.1 Å². The third-order valence-electron chi connectivity index (χ3n) is 2.92. The number of para-hydroxylation sites is 1. The van der Waals surface area contributed by atoms with Gasteiger partial charge in [0.1, 0.15) is 0 Å². The molecule has 0 unspecified atom stereocenters. The SMILES string of the molecule is CCN(CC(=O)O)Cc1cccc2cccnc12. The quantitative estimate of drug-likeness (QED) is 0.875. The van der Waals surface area contributed by atoms with Crippen LogP contribution in [0.2, 0.25) is 0 Å². The summed E-state index contributed by atoms with van der Waals surface area (Å²) in [5.74, 6) is -0.801. The highest BCUT2D eigenvalue weighted by Crippen LogP contribution is 2.17. The van der Waals surface area contributed by atoms with Crippen molar-refractivity contribution in [3.63, 3.8) is 0 Å². The summed E-state index contributed by atoms with van der Waals surface area (Å²) in [4.78, 5) is 17.0. The molecule has 0 amide bonds. The minimum absolute atomic E-state index is 0.0553. The molecule has 2 aromatic rings. The number of hydrogen-bond donors (Lipinski definition) is 1. The first-order chi connectivity index (χ1) is 8.70. The van der Waals surface area contributed by atoms with E-state index >= 15 is 0 Å². The maximum absolute atomic E-state index is 10.8. The van der Waals surface area contributed by atoms with Gasteiger partial charge in [-0.3, -0.25) is 14.7 Å². The summed E-state index contributed by atoms with van der Waals surface area (Å²) in [7, 11) is 0. The Morgan fingerprint density at radius 3 is 2.83 bits per heavy atom. The highest BCUT2D eigenvalue weighted by Gasteiger charge is 2.10. The molecule has 4 heteroatoms. The number of aromatic nitrogens is 1. The van der Waals surface area contributed by atoms with Crippen molar-refractivity contribution in [1.29, 1.82) is 0 Å². The van der Waals surface area contributed by atoms with Crippen LogP contribution in [0.4, 0.5) is 0 Å². The lowest BCUT2D eigenvalue weighted by atomic mass is 10.1. The Morgan fingerprint density at radius 2 is 2.11 bits per heavy atom. The van der Waals surface area contributed by atoms with Crippen LogP contribution >= 0.6 is 0 Å². The molecule has 0 radical (unpaired) electrons. The zero-order valence-electron chi connectivity index (χ0n) is 10.3. The molecule has 94 valence electrons. The average molecular weight is 244 g/mol. The van der Waals surface area contributed by atoms with Gasteiger partial charge in [-0.05, 0) is 18.2 Å². The van der Waals surface area contributed by atoms with Crippen molar-refractivity contribution in [2.24, 2.45) is 0 Å². The van der Waals surface area contributed by atoms with E-state index in [-0.39, 0.29) is 6.54 Å². The van der Waals surface area contributed by atoms with Gasteiger partial charge in [0, 0.05) is 18.1 Å². The molecule has 0 bridgehead atoms. The molecule has 0 fully saturated rings. The summed E-state index contributed by atoms with van der Waals surface area (Å²) in [5.41, 5.74) is 2.01. The predicted molar refractivity (Wildman–Crippen MR) is 70.3 cm³/mol. The van der Waals surface area contributed by atoms with Crippen molar-refractivity contribution >= 4 is 16.9 Å². The third kappa shape index (κ3) is 2.84. The second-order valence-corrected chi connectivity index (χ2v) is 4.19. The number of benzene rings is 1. The fourth-order valence-corrected chi connectivity index (χ4v) is 2.01. The minimum atomic E-state index is -0.801. The molecular weight excluding hydrogens is 228 g/mol. The molecule has 0 saturated carbocycles. The molecule has 0 saturated heterocycles. The summed E-state index contributed by atoms with van der Waals surface area (Å²) < 4.78 is 0. The predicted octanol–water partition coefficient (Wildman–Crippen LogP) is 2.14. The van der Waals surface area contributed by atoms with Gasteiger partial charge in [-0.2, -0.15) is 0 Å². The van der Waals surface area contributed by atoms with Crippen LogP contribution in [0.25, 0.3) is 10.9 Å². The van der Waals surface area contributed by atoms with Crippen LogP contribution in [0.5, 0.6) is 0 Å². The lowest BCUT2D eigenvalue weighted by Gasteiger charge is -2.18. The van der Waals surface area contributed by atoms with Gasteiger partial charge >= 0.3 is 5.97 Å². The fourth-order valence-electron chi connectivity index (χ4n) is 2.01. The molecule has 0 aliphatic heterocycles. The van der Waals surface area contributed by atoms with Gasteiger partial charge in [-0.1, -0.05) is 31.2 Å². The Morgan fingerprint density at radius 1 is 1.33 bits per heavy atom. The molecule has 0 aliphatic rings. The Bertz CT molecular complexity index is 549. The van der Waals surface area contributed by atoms with E-state index in [1.807, 2.05) is 42.2 Å². The zero-order chi connectivity index (χ0) is 13.0. The molecule has 1 aromatic heterocycles. The standard InChI is InChI=1S/C14H16N2O2/c1-2-16(10-13(17)18)9-12-6-3-5-11-7-4-8-15-14(11)12/h3-8H,2,9-10H2,1H3,(H,17,18). The number of fused-ring (bicyclic) bond motifs is 1. The van der Waals surface area contributed by atoms with Gasteiger partial charge in [0.15, 0.2) is 0 Å². The van der Waals surface area contributed by atoms with Crippen LogP contribution in [-0.4, -0.2) is 34.0 Å². The van der Waals surface area contributed by atoms with Crippen LogP contribution in [0.1, 0.15) is 12.5 Å². The average Bonchev–Trinajstić information content (AvgIpc) is 2.38. The van der Waals surface area contributed by atoms with Crippen LogP contribution in [0, 0.1) is 0 Å². The smallest absolute Gasteiger partial charge is 0.317 e. The summed E-state index contributed by atoms with van der Waals surface area (Å²) in [5, 5.41) is 9.93. The second-order valence-electron chi connectivity index (χ2n) is 4.19. The van der Waals surface area contributed by atoms with E-state index in [1.54, 1.807) is 6.20 Å². The van der Waals surface area contributed by atoms with Gasteiger partial charge < -0.3 is 5.11 Å². The summed E-state index contributed by atoms with van der Waals surface area (Å²) >= 11 is 0. The first-order valence-electron chi connectivity index (χ1n) is 5.97. The number of pyridine rings is 1. The zero-order valence-corrected chi connectivity index (χ0v) is 10.3.